The number of ether oxygens (including phenoxy) is 2. The van der Waals surface area contributed by atoms with Gasteiger partial charge in [0.2, 0.25) is 0 Å². The SMILES string of the molecule is O=C(OC1COC(O)(C(F)(F)F)C1(F)F)C1CC2CCC1C2. The Labute approximate surface area is 122 Å². The lowest BCUT2D eigenvalue weighted by Gasteiger charge is -2.31. The second-order valence-electron chi connectivity index (χ2n) is 6.28. The van der Waals surface area contributed by atoms with E-state index in [4.69, 9.17) is 5.11 Å². The zero-order valence-corrected chi connectivity index (χ0v) is 11.4. The number of carbonyl (C=O) groups excluding carboxylic acids is 1. The van der Waals surface area contributed by atoms with Gasteiger partial charge in [0.1, 0.15) is 0 Å². The summed E-state index contributed by atoms with van der Waals surface area (Å²) in [6, 6.07) is 0. The average molecular weight is 330 g/mol. The largest absolute Gasteiger partial charge is 0.453 e. The van der Waals surface area contributed by atoms with E-state index in [9.17, 15) is 26.7 Å². The summed E-state index contributed by atoms with van der Waals surface area (Å²) >= 11 is 0. The van der Waals surface area contributed by atoms with Crippen LogP contribution in [-0.4, -0.2) is 41.7 Å². The van der Waals surface area contributed by atoms with Crippen molar-refractivity contribution in [1.29, 1.82) is 0 Å². The van der Waals surface area contributed by atoms with Crippen molar-refractivity contribution in [3.63, 3.8) is 0 Å². The molecule has 2 aliphatic carbocycles. The molecule has 0 aromatic rings. The number of esters is 1. The van der Waals surface area contributed by atoms with E-state index in [1.165, 1.54) is 0 Å². The Kier molecular flexibility index (Phi) is 3.45. The minimum atomic E-state index is -5.69. The third-order valence-corrected chi connectivity index (χ3v) is 4.98. The Morgan fingerprint density at radius 3 is 2.36 bits per heavy atom. The molecule has 1 N–H and O–H groups in total. The van der Waals surface area contributed by atoms with Crippen LogP contribution in [0.5, 0.6) is 0 Å². The summed E-state index contributed by atoms with van der Waals surface area (Å²) in [6.07, 6.45) is -5.01. The molecule has 3 fully saturated rings. The van der Waals surface area contributed by atoms with Crippen LogP contribution >= 0.6 is 0 Å². The maximum atomic E-state index is 13.8. The fourth-order valence-corrected chi connectivity index (χ4v) is 3.76. The summed E-state index contributed by atoms with van der Waals surface area (Å²) < 4.78 is 73.8. The van der Waals surface area contributed by atoms with Gasteiger partial charge in [-0.1, -0.05) is 6.42 Å². The number of carbonyl (C=O) groups is 1. The van der Waals surface area contributed by atoms with Gasteiger partial charge in [-0.25, -0.2) is 0 Å². The molecule has 0 radical (unpaired) electrons. The molecular formula is C13H15F5O4. The first-order chi connectivity index (χ1) is 10.1. The Balaban J connectivity index is 1.70. The van der Waals surface area contributed by atoms with Gasteiger partial charge < -0.3 is 14.6 Å². The van der Waals surface area contributed by atoms with E-state index in [1.54, 1.807) is 0 Å². The molecule has 126 valence electrons. The second-order valence-corrected chi connectivity index (χ2v) is 6.28. The number of aliphatic hydroxyl groups is 1. The fourth-order valence-electron chi connectivity index (χ4n) is 3.76. The van der Waals surface area contributed by atoms with Crippen LogP contribution in [0.3, 0.4) is 0 Å². The van der Waals surface area contributed by atoms with Gasteiger partial charge in [-0.05, 0) is 31.1 Å². The topological polar surface area (TPSA) is 55.8 Å². The van der Waals surface area contributed by atoms with E-state index in [0.29, 0.717) is 12.3 Å². The van der Waals surface area contributed by atoms with E-state index in [1.807, 2.05) is 0 Å². The molecule has 4 nitrogen and oxygen atoms in total. The molecule has 9 heteroatoms. The van der Waals surface area contributed by atoms with Crippen LogP contribution in [0.15, 0.2) is 0 Å². The number of hydrogen-bond acceptors (Lipinski definition) is 4. The zero-order valence-electron chi connectivity index (χ0n) is 11.4. The van der Waals surface area contributed by atoms with E-state index in [0.717, 1.165) is 19.3 Å². The Morgan fingerprint density at radius 1 is 1.23 bits per heavy atom. The summed E-state index contributed by atoms with van der Waals surface area (Å²) in [5.41, 5.74) is 0. The number of fused-ring (bicyclic) bond motifs is 2. The van der Waals surface area contributed by atoms with E-state index in [-0.39, 0.29) is 5.92 Å². The van der Waals surface area contributed by atoms with Crippen molar-refractivity contribution in [3.05, 3.63) is 0 Å². The van der Waals surface area contributed by atoms with Crippen molar-refractivity contribution in [2.45, 2.75) is 49.7 Å². The second kappa shape index (κ2) is 4.77. The van der Waals surface area contributed by atoms with E-state index < -0.39 is 42.5 Å². The van der Waals surface area contributed by atoms with Crippen LogP contribution in [0, 0.1) is 17.8 Å². The van der Waals surface area contributed by atoms with Gasteiger partial charge in [-0.3, -0.25) is 4.79 Å². The van der Waals surface area contributed by atoms with Gasteiger partial charge in [0.05, 0.1) is 12.5 Å². The van der Waals surface area contributed by atoms with Gasteiger partial charge >= 0.3 is 23.9 Å². The van der Waals surface area contributed by atoms with Crippen LogP contribution in [0.1, 0.15) is 25.7 Å². The fraction of sp³-hybridized carbons (Fsp3) is 0.923. The van der Waals surface area contributed by atoms with Gasteiger partial charge in [0, 0.05) is 0 Å². The predicted molar refractivity (Wildman–Crippen MR) is 60.7 cm³/mol. The number of alkyl halides is 5. The van der Waals surface area contributed by atoms with Gasteiger partial charge in [0.15, 0.2) is 6.10 Å². The molecule has 1 saturated heterocycles. The summed E-state index contributed by atoms with van der Waals surface area (Å²) in [5.74, 6) is -10.4. The lowest BCUT2D eigenvalue weighted by atomic mass is 9.89. The van der Waals surface area contributed by atoms with E-state index >= 15 is 0 Å². The monoisotopic (exact) mass is 330 g/mol. The third kappa shape index (κ3) is 2.12. The predicted octanol–water partition coefficient (Wildman–Crippen LogP) is 2.25. The highest BCUT2D eigenvalue weighted by molar-refractivity contribution is 5.73. The molecule has 3 aliphatic rings. The van der Waals surface area contributed by atoms with Crippen molar-refractivity contribution in [1.82, 2.24) is 0 Å². The van der Waals surface area contributed by atoms with Crippen molar-refractivity contribution in [2.24, 2.45) is 17.8 Å². The summed E-state index contributed by atoms with van der Waals surface area (Å²) in [4.78, 5) is 12.0. The first-order valence-corrected chi connectivity index (χ1v) is 7.07. The highest BCUT2D eigenvalue weighted by Crippen LogP contribution is 2.52. The van der Waals surface area contributed by atoms with Crippen molar-refractivity contribution >= 4 is 5.97 Å². The molecule has 0 amide bonds. The highest BCUT2D eigenvalue weighted by Gasteiger charge is 2.78. The summed E-state index contributed by atoms with van der Waals surface area (Å²) in [5, 5.41) is 9.12. The normalized spacial score (nSPS) is 43.5. The first kappa shape index (κ1) is 15.9. The van der Waals surface area contributed by atoms with Crippen molar-refractivity contribution in [2.75, 3.05) is 6.61 Å². The minimum Gasteiger partial charge on any atom is -0.453 e. The number of rotatable bonds is 2. The molecule has 2 saturated carbocycles. The molecule has 22 heavy (non-hydrogen) atoms. The molecule has 0 aromatic heterocycles. The molecule has 1 aliphatic heterocycles. The first-order valence-electron chi connectivity index (χ1n) is 7.07. The number of halogens is 5. The Hall–Kier alpha value is -0.960. The van der Waals surface area contributed by atoms with Crippen molar-refractivity contribution < 1.29 is 41.3 Å². The van der Waals surface area contributed by atoms with Crippen LogP contribution in [-0.2, 0) is 14.3 Å². The zero-order chi connectivity index (χ0) is 16.3. The third-order valence-electron chi connectivity index (χ3n) is 4.98. The molecule has 1 heterocycles. The highest BCUT2D eigenvalue weighted by atomic mass is 19.4. The molecule has 0 spiro atoms. The standard InChI is InChI=1S/C13H15F5O4/c14-11(15)9(5-21-12(11,20)13(16,17)18)22-10(19)8-4-6-1-2-7(8)3-6/h6-9,20H,1-5H2. The van der Waals surface area contributed by atoms with Gasteiger partial charge in [0.25, 0.3) is 0 Å². The molecule has 0 aromatic carbocycles. The van der Waals surface area contributed by atoms with Crippen LogP contribution in [0.4, 0.5) is 22.0 Å². The Morgan fingerprint density at radius 2 is 1.91 bits per heavy atom. The average Bonchev–Trinajstić information content (AvgIpc) is 3.07. The van der Waals surface area contributed by atoms with Gasteiger partial charge in [-0.2, -0.15) is 22.0 Å². The Bertz CT molecular complexity index is 480. The van der Waals surface area contributed by atoms with Crippen LogP contribution in [0.25, 0.3) is 0 Å². The van der Waals surface area contributed by atoms with E-state index in [2.05, 4.69) is 9.47 Å². The minimum absolute atomic E-state index is 0.0509. The van der Waals surface area contributed by atoms with Crippen LogP contribution in [0.2, 0.25) is 0 Å². The summed E-state index contributed by atoms with van der Waals surface area (Å²) in [6.45, 7) is -1.20. The quantitative estimate of drug-likeness (QED) is 0.623. The van der Waals surface area contributed by atoms with Crippen LogP contribution < -0.4 is 0 Å². The summed E-state index contributed by atoms with van der Waals surface area (Å²) in [7, 11) is 0. The maximum Gasteiger partial charge on any atom is 0.449 e. The van der Waals surface area contributed by atoms with Crippen molar-refractivity contribution in [3.8, 4) is 0 Å². The molecule has 5 unspecified atom stereocenters. The lowest BCUT2D eigenvalue weighted by Crippen LogP contribution is -2.59. The molecule has 5 atom stereocenters. The maximum absolute atomic E-state index is 13.8. The molecule has 2 bridgehead atoms. The number of hydrogen-bond donors (Lipinski definition) is 1. The molecular weight excluding hydrogens is 315 g/mol. The lowest BCUT2D eigenvalue weighted by molar-refractivity contribution is -0.405. The van der Waals surface area contributed by atoms with Gasteiger partial charge in [-0.15, -0.1) is 0 Å². The molecule has 3 rings (SSSR count). The smallest absolute Gasteiger partial charge is 0.449 e.